The lowest BCUT2D eigenvalue weighted by Crippen LogP contribution is -2.32. The van der Waals surface area contributed by atoms with Gasteiger partial charge < -0.3 is 4.90 Å². The van der Waals surface area contributed by atoms with E-state index in [1.807, 2.05) is 41.8 Å². The zero-order valence-electron chi connectivity index (χ0n) is 17.4. The number of H-pyrrole nitrogens is 1. The van der Waals surface area contributed by atoms with Gasteiger partial charge in [0.2, 0.25) is 0 Å². The van der Waals surface area contributed by atoms with Crippen molar-refractivity contribution in [3.05, 3.63) is 59.9 Å². The Kier molecular flexibility index (Phi) is 4.31. The highest BCUT2D eigenvalue weighted by molar-refractivity contribution is 7.13. The van der Waals surface area contributed by atoms with Crippen LogP contribution in [0, 0.1) is 0 Å². The van der Waals surface area contributed by atoms with Crippen LogP contribution in [0.1, 0.15) is 36.6 Å². The molecule has 12 heteroatoms. The number of fused-ring (bicyclic) bond motifs is 3. The predicted molar refractivity (Wildman–Crippen MR) is 118 cm³/mol. The maximum atomic E-state index is 5.00. The van der Waals surface area contributed by atoms with E-state index in [4.69, 9.17) is 4.98 Å². The van der Waals surface area contributed by atoms with Crippen LogP contribution in [0.2, 0.25) is 0 Å². The number of aryl methyl sites for hydroxylation is 1. The molecular weight excluding hydrogens is 426 g/mol. The Bertz CT molecular complexity index is 1380. The predicted octanol–water partition coefficient (Wildman–Crippen LogP) is 2.83. The van der Waals surface area contributed by atoms with Crippen molar-refractivity contribution in [2.45, 2.75) is 25.8 Å². The van der Waals surface area contributed by atoms with E-state index in [1.54, 1.807) is 28.5 Å². The first kappa shape index (κ1) is 18.8. The lowest BCUT2D eigenvalue weighted by atomic mass is 10.1. The van der Waals surface area contributed by atoms with Crippen molar-refractivity contribution in [2.75, 3.05) is 4.90 Å². The Labute approximate surface area is 186 Å². The summed E-state index contributed by atoms with van der Waals surface area (Å²) in [7, 11) is 1.91. The Morgan fingerprint density at radius 3 is 2.91 bits per heavy atom. The van der Waals surface area contributed by atoms with Crippen LogP contribution in [-0.4, -0.2) is 49.7 Å². The van der Waals surface area contributed by atoms with Crippen LogP contribution in [0.15, 0.2) is 42.7 Å². The maximum Gasteiger partial charge on any atom is 0.162 e. The molecule has 0 amide bonds. The smallest absolute Gasteiger partial charge is 0.162 e. The molecule has 5 aromatic heterocycles. The quantitative estimate of drug-likeness (QED) is 0.439. The van der Waals surface area contributed by atoms with Gasteiger partial charge in [-0.2, -0.15) is 10.2 Å². The van der Waals surface area contributed by atoms with Crippen LogP contribution in [0.3, 0.4) is 0 Å². The number of aromatic nitrogens is 10. The third-order valence-corrected chi connectivity index (χ3v) is 6.33. The second-order valence-electron chi connectivity index (χ2n) is 7.50. The van der Waals surface area contributed by atoms with Gasteiger partial charge in [-0.25, -0.2) is 15.0 Å². The highest BCUT2D eigenvalue weighted by Gasteiger charge is 2.35. The van der Waals surface area contributed by atoms with Gasteiger partial charge in [0, 0.05) is 36.8 Å². The van der Waals surface area contributed by atoms with Gasteiger partial charge in [0.05, 0.1) is 36.0 Å². The van der Waals surface area contributed by atoms with E-state index < -0.39 is 0 Å². The second kappa shape index (κ2) is 7.34. The normalized spacial score (nSPS) is 15.1. The van der Waals surface area contributed by atoms with E-state index in [-0.39, 0.29) is 6.04 Å². The first-order chi connectivity index (χ1) is 15.7. The molecule has 6 heterocycles. The molecule has 0 radical (unpaired) electrons. The monoisotopic (exact) mass is 445 g/mol. The molecule has 0 aromatic carbocycles. The van der Waals surface area contributed by atoms with Gasteiger partial charge >= 0.3 is 0 Å². The van der Waals surface area contributed by atoms with Gasteiger partial charge in [-0.15, -0.1) is 21.5 Å². The molecule has 0 bridgehead atoms. The first-order valence-corrected chi connectivity index (χ1v) is 11.1. The fourth-order valence-corrected chi connectivity index (χ4v) is 4.77. The van der Waals surface area contributed by atoms with Gasteiger partial charge in [0.1, 0.15) is 22.8 Å². The van der Waals surface area contributed by atoms with E-state index in [2.05, 4.69) is 47.3 Å². The number of rotatable bonds is 5. The molecule has 0 saturated heterocycles. The lowest BCUT2D eigenvalue weighted by Gasteiger charge is -2.35. The van der Waals surface area contributed by atoms with Crippen LogP contribution >= 0.6 is 11.3 Å². The van der Waals surface area contributed by atoms with Gasteiger partial charge in [0.25, 0.3) is 0 Å². The highest BCUT2D eigenvalue weighted by atomic mass is 32.1. The average molecular weight is 446 g/mol. The molecule has 6 rings (SSSR count). The molecule has 1 unspecified atom stereocenters. The van der Waals surface area contributed by atoms with Crippen molar-refractivity contribution in [1.82, 2.24) is 49.7 Å². The van der Waals surface area contributed by atoms with Gasteiger partial charge in [-0.1, -0.05) is 6.92 Å². The number of hydrogen-bond acceptors (Lipinski definition) is 9. The van der Waals surface area contributed by atoms with E-state index in [1.165, 1.54) is 0 Å². The van der Waals surface area contributed by atoms with E-state index in [9.17, 15) is 0 Å². The number of hydrogen-bond donors (Lipinski definition) is 1. The Morgan fingerprint density at radius 2 is 2.12 bits per heavy atom. The van der Waals surface area contributed by atoms with Crippen molar-refractivity contribution < 1.29 is 0 Å². The molecule has 0 spiro atoms. The highest BCUT2D eigenvalue weighted by Crippen LogP contribution is 2.42. The molecule has 0 saturated carbocycles. The number of thiazole rings is 1. The summed E-state index contributed by atoms with van der Waals surface area (Å²) in [5, 5.41) is 23.0. The molecule has 1 aliphatic rings. The average Bonchev–Trinajstić information content (AvgIpc) is 3.59. The van der Waals surface area contributed by atoms with Crippen molar-refractivity contribution >= 4 is 22.8 Å². The van der Waals surface area contributed by atoms with Crippen LogP contribution in [0.5, 0.6) is 0 Å². The lowest BCUT2D eigenvalue weighted by molar-refractivity contribution is 0.587. The number of nitrogens with zero attached hydrogens (tertiary/aromatic N) is 10. The van der Waals surface area contributed by atoms with Gasteiger partial charge in [-0.3, -0.25) is 14.3 Å². The van der Waals surface area contributed by atoms with Gasteiger partial charge in [-0.05, 0) is 6.42 Å². The number of aromatic amines is 1. The summed E-state index contributed by atoms with van der Waals surface area (Å²) >= 11 is 1.57. The first-order valence-electron chi connectivity index (χ1n) is 10.2. The SMILES string of the molecule is CCC1c2nncn2-c2cnc(Cc3cn[nH]c3-c3nccs3)nc2N1c1cnn(C)c1. The summed E-state index contributed by atoms with van der Waals surface area (Å²) in [5.41, 5.74) is 3.69. The molecule has 0 aliphatic carbocycles. The molecule has 1 atom stereocenters. The minimum absolute atomic E-state index is 0.0169. The second-order valence-corrected chi connectivity index (χ2v) is 8.40. The third-order valence-electron chi connectivity index (χ3n) is 5.54. The zero-order valence-corrected chi connectivity index (χ0v) is 18.2. The van der Waals surface area contributed by atoms with Crippen LogP contribution in [-0.2, 0) is 13.5 Å². The maximum absolute atomic E-state index is 5.00. The number of anilines is 2. The zero-order chi connectivity index (χ0) is 21.7. The fourth-order valence-electron chi connectivity index (χ4n) is 4.10. The summed E-state index contributed by atoms with van der Waals surface area (Å²) in [6.07, 6.45) is 12.3. The summed E-state index contributed by atoms with van der Waals surface area (Å²) in [6, 6.07) is -0.0169. The molecule has 32 heavy (non-hydrogen) atoms. The Balaban J connectivity index is 1.46. The summed E-state index contributed by atoms with van der Waals surface area (Å²) in [5.74, 6) is 2.37. The van der Waals surface area contributed by atoms with Crippen molar-refractivity contribution in [3.63, 3.8) is 0 Å². The third kappa shape index (κ3) is 2.91. The summed E-state index contributed by atoms with van der Waals surface area (Å²) in [6.45, 7) is 2.13. The molecule has 5 aromatic rings. The van der Waals surface area contributed by atoms with Crippen molar-refractivity contribution in [2.24, 2.45) is 7.05 Å². The van der Waals surface area contributed by atoms with Crippen LogP contribution in [0.4, 0.5) is 11.5 Å². The Hall–Kier alpha value is -3.93. The topological polar surface area (TPSA) is 119 Å². The molecule has 1 aliphatic heterocycles. The van der Waals surface area contributed by atoms with E-state index in [0.29, 0.717) is 12.2 Å². The molecule has 11 nitrogen and oxygen atoms in total. The van der Waals surface area contributed by atoms with E-state index >= 15 is 0 Å². The molecular formula is C20H19N11S. The van der Waals surface area contributed by atoms with Crippen LogP contribution in [0.25, 0.3) is 16.4 Å². The molecule has 1 N–H and O–H groups in total. The van der Waals surface area contributed by atoms with Gasteiger partial charge in [0.15, 0.2) is 11.6 Å². The summed E-state index contributed by atoms with van der Waals surface area (Å²) in [4.78, 5) is 16.2. The largest absolute Gasteiger partial charge is 0.311 e. The molecule has 160 valence electrons. The van der Waals surface area contributed by atoms with Crippen molar-refractivity contribution in [3.8, 4) is 16.4 Å². The van der Waals surface area contributed by atoms with Crippen LogP contribution < -0.4 is 4.90 Å². The minimum atomic E-state index is -0.0169. The minimum Gasteiger partial charge on any atom is -0.311 e. The van der Waals surface area contributed by atoms with Crippen molar-refractivity contribution in [1.29, 1.82) is 0 Å². The standard InChI is InChI=1S/C20H19N11S/c1-3-14-19-28-24-11-30(19)15-9-22-16(26-18(15)31(14)13-8-25-29(2)10-13)6-12-7-23-27-17(12)20-21-4-5-32-20/h4-5,7-11,14H,3,6H2,1-2H3,(H,23,27). The summed E-state index contributed by atoms with van der Waals surface area (Å²) < 4.78 is 3.76. The fraction of sp³-hybridized carbons (Fsp3) is 0.250. The number of nitrogens with one attached hydrogen (secondary N) is 1. The van der Waals surface area contributed by atoms with E-state index in [0.717, 1.165) is 45.7 Å². The Morgan fingerprint density at radius 1 is 1.19 bits per heavy atom. The molecule has 0 fully saturated rings.